The Kier molecular flexibility index (Phi) is 4.10. The quantitative estimate of drug-likeness (QED) is 0.518. The van der Waals surface area contributed by atoms with Gasteiger partial charge in [0, 0.05) is 4.48 Å². The van der Waals surface area contributed by atoms with E-state index in [2.05, 4.69) is 15.9 Å². The van der Waals surface area contributed by atoms with Gasteiger partial charge >= 0.3 is 0 Å². The zero-order valence-corrected chi connectivity index (χ0v) is 6.20. The van der Waals surface area contributed by atoms with Crippen LogP contribution in [-0.2, 0) is 0 Å². The van der Waals surface area contributed by atoms with E-state index in [0.29, 0.717) is 0 Å². The van der Waals surface area contributed by atoms with Crippen LogP contribution >= 0.6 is 15.9 Å². The fraction of sp³-hybridized carbons (Fsp3) is 0.333. The van der Waals surface area contributed by atoms with Gasteiger partial charge in [-0.2, -0.15) is 0 Å². The number of rotatable bonds is 1. The maximum absolute atomic E-state index is 3.31. The highest BCUT2D eigenvalue weighted by molar-refractivity contribution is 9.11. The minimum Gasteiger partial charge on any atom is -0.0866 e. The molecule has 1 heteroatoms. The minimum atomic E-state index is 1.13. The number of allylic oxidation sites excluding steroid dienone is 4. The SMILES string of the molecule is CC=CC(Br)=CC. The standard InChI is InChI=1S/C6H9Br/c1-3-5-6(7)4-2/h3-5H,1-2H3. The Morgan fingerprint density at radius 3 is 2.14 bits per heavy atom. The van der Waals surface area contributed by atoms with Gasteiger partial charge in [0.25, 0.3) is 0 Å². The van der Waals surface area contributed by atoms with Gasteiger partial charge in [-0.1, -0.05) is 34.2 Å². The fourth-order valence-corrected chi connectivity index (χ4v) is 0.520. The van der Waals surface area contributed by atoms with Crippen LogP contribution in [-0.4, -0.2) is 0 Å². The summed E-state index contributed by atoms with van der Waals surface area (Å²) in [4.78, 5) is 0. The molecule has 0 saturated heterocycles. The van der Waals surface area contributed by atoms with Crippen LogP contribution in [0.4, 0.5) is 0 Å². The van der Waals surface area contributed by atoms with Crippen LogP contribution in [0.5, 0.6) is 0 Å². The molecule has 0 unspecified atom stereocenters. The molecule has 0 nitrogen and oxygen atoms in total. The molecule has 40 valence electrons. The molecule has 0 aromatic heterocycles. The summed E-state index contributed by atoms with van der Waals surface area (Å²) in [6.45, 7) is 3.98. The predicted octanol–water partition coefficient (Wildman–Crippen LogP) is 2.86. The average Bonchev–Trinajstić information content (AvgIpc) is 1.68. The summed E-state index contributed by atoms with van der Waals surface area (Å²) in [5.74, 6) is 0. The van der Waals surface area contributed by atoms with Crippen LogP contribution in [0.15, 0.2) is 22.7 Å². The van der Waals surface area contributed by atoms with Crippen molar-refractivity contribution < 1.29 is 0 Å². The average molecular weight is 161 g/mol. The third kappa shape index (κ3) is 3.80. The second kappa shape index (κ2) is 4.13. The molecule has 0 bridgehead atoms. The molecule has 0 aromatic carbocycles. The Morgan fingerprint density at radius 1 is 1.43 bits per heavy atom. The van der Waals surface area contributed by atoms with Crippen molar-refractivity contribution >= 4 is 15.9 Å². The number of halogens is 1. The molecule has 0 aliphatic heterocycles. The van der Waals surface area contributed by atoms with E-state index in [-0.39, 0.29) is 0 Å². The van der Waals surface area contributed by atoms with Gasteiger partial charge < -0.3 is 0 Å². The monoisotopic (exact) mass is 160 g/mol. The summed E-state index contributed by atoms with van der Waals surface area (Å²) >= 11 is 3.31. The molecule has 0 saturated carbocycles. The van der Waals surface area contributed by atoms with Crippen molar-refractivity contribution in [1.29, 1.82) is 0 Å². The summed E-state index contributed by atoms with van der Waals surface area (Å²) < 4.78 is 1.13. The normalized spacial score (nSPS) is 13.3. The van der Waals surface area contributed by atoms with Crippen molar-refractivity contribution in [3.63, 3.8) is 0 Å². The van der Waals surface area contributed by atoms with Crippen LogP contribution in [0.1, 0.15) is 13.8 Å². The molecule has 0 aromatic rings. The van der Waals surface area contributed by atoms with Gasteiger partial charge in [0.15, 0.2) is 0 Å². The fourth-order valence-electron chi connectivity index (χ4n) is 0.255. The Hall–Kier alpha value is -0.0400. The third-order valence-electron chi connectivity index (χ3n) is 0.602. The van der Waals surface area contributed by atoms with Crippen LogP contribution in [0.3, 0.4) is 0 Å². The van der Waals surface area contributed by atoms with Crippen molar-refractivity contribution in [1.82, 2.24) is 0 Å². The topological polar surface area (TPSA) is 0 Å². The largest absolute Gasteiger partial charge is 0.0866 e. The van der Waals surface area contributed by atoms with Crippen LogP contribution < -0.4 is 0 Å². The van der Waals surface area contributed by atoms with Crippen molar-refractivity contribution in [3.05, 3.63) is 22.7 Å². The summed E-state index contributed by atoms with van der Waals surface area (Å²) in [6, 6.07) is 0. The molecular formula is C6H9Br. The number of hydrogen-bond donors (Lipinski definition) is 0. The van der Waals surface area contributed by atoms with Gasteiger partial charge in [-0.25, -0.2) is 0 Å². The van der Waals surface area contributed by atoms with Gasteiger partial charge in [0.1, 0.15) is 0 Å². The summed E-state index contributed by atoms with van der Waals surface area (Å²) in [5.41, 5.74) is 0. The Balaban J connectivity index is 3.58. The molecule has 0 atom stereocenters. The first-order valence-corrected chi connectivity index (χ1v) is 3.05. The third-order valence-corrected chi connectivity index (χ3v) is 1.32. The van der Waals surface area contributed by atoms with E-state index < -0.39 is 0 Å². The first-order chi connectivity index (χ1) is 3.31. The van der Waals surface area contributed by atoms with Crippen LogP contribution in [0.25, 0.3) is 0 Å². The minimum absolute atomic E-state index is 1.13. The predicted molar refractivity (Wildman–Crippen MR) is 37.5 cm³/mol. The van der Waals surface area contributed by atoms with E-state index >= 15 is 0 Å². The van der Waals surface area contributed by atoms with Gasteiger partial charge in [0.05, 0.1) is 0 Å². The van der Waals surface area contributed by atoms with Crippen LogP contribution in [0.2, 0.25) is 0 Å². The Morgan fingerprint density at radius 2 is 2.00 bits per heavy atom. The molecular weight excluding hydrogens is 152 g/mol. The highest BCUT2D eigenvalue weighted by Crippen LogP contribution is 2.04. The van der Waals surface area contributed by atoms with Crippen molar-refractivity contribution in [2.45, 2.75) is 13.8 Å². The molecule has 0 radical (unpaired) electrons. The maximum atomic E-state index is 3.31. The van der Waals surface area contributed by atoms with E-state index in [1.807, 2.05) is 32.1 Å². The lowest BCUT2D eigenvalue weighted by Crippen LogP contribution is -1.53. The highest BCUT2D eigenvalue weighted by Gasteiger charge is 1.72. The van der Waals surface area contributed by atoms with Crippen LogP contribution in [0, 0.1) is 0 Å². The molecule has 7 heavy (non-hydrogen) atoms. The molecule has 0 N–H and O–H groups in total. The molecule has 0 aliphatic carbocycles. The summed E-state index contributed by atoms with van der Waals surface area (Å²) in [6.07, 6.45) is 5.99. The summed E-state index contributed by atoms with van der Waals surface area (Å²) in [5, 5.41) is 0. The zero-order valence-electron chi connectivity index (χ0n) is 4.61. The zero-order chi connectivity index (χ0) is 5.70. The van der Waals surface area contributed by atoms with Crippen molar-refractivity contribution in [3.8, 4) is 0 Å². The van der Waals surface area contributed by atoms with Gasteiger partial charge in [-0.15, -0.1) is 0 Å². The maximum Gasteiger partial charge on any atom is 0.0129 e. The van der Waals surface area contributed by atoms with E-state index in [1.165, 1.54) is 0 Å². The van der Waals surface area contributed by atoms with Gasteiger partial charge in [-0.05, 0) is 13.8 Å². The Labute approximate surface area is 53.1 Å². The second-order valence-corrected chi connectivity index (χ2v) is 2.09. The smallest absolute Gasteiger partial charge is 0.0129 e. The lowest BCUT2D eigenvalue weighted by Gasteiger charge is -1.78. The molecule has 0 heterocycles. The lowest BCUT2D eigenvalue weighted by atomic mass is 10.5. The van der Waals surface area contributed by atoms with Crippen molar-refractivity contribution in [2.75, 3.05) is 0 Å². The molecule has 0 rings (SSSR count). The Bertz CT molecular complexity index is 90.4. The van der Waals surface area contributed by atoms with Crippen molar-refractivity contribution in [2.24, 2.45) is 0 Å². The highest BCUT2D eigenvalue weighted by atomic mass is 79.9. The molecule has 0 spiro atoms. The van der Waals surface area contributed by atoms with Gasteiger partial charge in [0.2, 0.25) is 0 Å². The van der Waals surface area contributed by atoms with E-state index in [0.717, 1.165) is 4.48 Å². The molecule has 0 fully saturated rings. The number of hydrogen-bond acceptors (Lipinski definition) is 0. The van der Waals surface area contributed by atoms with Gasteiger partial charge in [-0.3, -0.25) is 0 Å². The lowest BCUT2D eigenvalue weighted by molar-refractivity contribution is 1.67. The molecule has 0 aliphatic rings. The first kappa shape index (κ1) is 6.96. The summed E-state index contributed by atoms with van der Waals surface area (Å²) in [7, 11) is 0. The van der Waals surface area contributed by atoms with E-state index in [9.17, 15) is 0 Å². The van der Waals surface area contributed by atoms with E-state index in [1.54, 1.807) is 0 Å². The van der Waals surface area contributed by atoms with E-state index in [4.69, 9.17) is 0 Å². The first-order valence-electron chi connectivity index (χ1n) is 2.25. The molecule has 0 amide bonds. The second-order valence-electron chi connectivity index (χ2n) is 1.17.